The second-order valence-electron chi connectivity index (χ2n) is 5.26. The molecule has 10 nitrogen and oxygen atoms in total. The van der Waals surface area contributed by atoms with Crippen molar-refractivity contribution in [2.75, 3.05) is 13.1 Å². The van der Waals surface area contributed by atoms with E-state index < -0.39 is 32.0 Å². The normalized spacial score (nSPS) is 12.0. The van der Waals surface area contributed by atoms with Gasteiger partial charge in [-0.05, 0) is 37.1 Å². The molecule has 0 fully saturated rings. The largest absolute Gasteiger partial charge is 0.481 e. The fourth-order valence-corrected chi connectivity index (χ4v) is 4.01. The minimum absolute atomic E-state index is 0.0557. The molecule has 0 radical (unpaired) electrons. The molecule has 0 spiro atoms. The molecular weight excluding hydrogens is 388 g/mol. The third kappa shape index (κ3) is 7.47. The van der Waals surface area contributed by atoms with E-state index >= 15 is 0 Å². The second kappa shape index (κ2) is 9.62. The minimum atomic E-state index is -3.87. The number of hydrogen-bond donors (Lipinski definition) is 4. The SMILES string of the molecule is O=C(O)CCCNS(=O)(=O)c1ccc(S(=O)(=O)NCCCC(=O)O)cc1. The van der Waals surface area contributed by atoms with Crippen LogP contribution < -0.4 is 9.44 Å². The number of sulfonamides is 2. The van der Waals surface area contributed by atoms with Gasteiger partial charge in [-0.1, -0.05) is 0 Å². The van der Waals surface area contributed by atoms with E-state index in [1.54, 1.807) is 0 Å². The van der Waals surface area contributed by atoms with Gasteiger partial charge in [0.1, 0.15) is 0 Å². The van der Waals surface area contributed by atoms with Crippen molar-refractivity contribution >= 4 is 32.0 Å². The van der Waals surface area contributed by atoms with Gasteiger partial charge in [0.25, 0.3) is 0 Å². The van der Waals surface area contributed by atoms with Crippen LogP contribution in [0.15, 0.2) is 34.1 Å². The van der Waals surface area contributed by atoms with Crippen molar-refractivity contribution in [1.82, 2.24) is 9.44 Å². The predicted molar refractivity (Wildman–Crippen MR) is 90.6 cm³/mol. The molecule has 0 amide bonds. The van der Waals surface area contributed by atoms with E-state index in [2.05, 4.69) is 9.44 Å². The van der Waals surface area contributed by atoms with Gasteiger partial charge >= 0.3 is 11.9 Å². The summed E-state index contributed by atoms with van der Waals surface area (Å²) in [6, 6.07) is 4.47. The standard InChI is InChI=1S/C14H20N2O8S2/c17-13(18)3-1-9-15-25(21,22)11-5-7-12(8-6-11)26(23,24)16-10-2-4-14(19)20/h5-8,15-16H,1-4,9-10H2,(H,17,18)(H,19,20). The number of carbonyl (C=O) groups is 2. The first-order valence-electron chi connectivity index (χ1n) is 7.57. The fourth-order valence-electron chi connectivity index (χ4n) is 1.86. The minimum Gasteiger partial charge on any atom is -0.481 e. The summed E-state index contributed by atoms with van der Waals surface area (Å²) in [5.41, 5.74) is 0. The van der Waals surface area contributed by atoms with Crippen LogP contribution in [-0.4, -0.2) is 52.1 Å². The molecule has 0 heterocycles. The molecule has 0 aliphatic carbocycles. The lowest BCUT2D eigenvalue weighted by Gasteiger charge is -2.09. The predicted octanol–water partition coefficient (Wildman–Crippen LogP) is -0.0272. The first-order chi connectivity index (χ1) is 12.0. The van der Waals surface area contributed by atoms with Gasteiger partial charge in [-0.25, -0.2) is 26.3 Å². The third-order valence-corrected chi connectivity index (χ3v) is 6.12. The highest BCUT2D eigenvalue weighted by atomic mass is 32.2. The summed E-state index contributed by atoms with van der Waals surface area (Å²) < 4.78 is 52.6. The number of nitrogens with one attached hydrogen (secondary N) is 2. The maximum absolute atomic E-state index is 12.0. The monoisotopic (exact) mass is 408 g/mol. The van der Waals surface area contributed by atoms with Crippen LogP contribution >= 0.6 is 0 Å². The lowest BCUT2D eigenvalue weighted by molar-refractivity contribution is -0.138. The molecule has 146 valence electrons. The molecule has 0 unspecified atom stereocenters. The van der Waals surface area contributed by atoms with Crippen LogP contribution in [-0.2, 0) is 29.6 Å². The average molecular weight is 408 g/mol. The first kappa shape index (κ1) is 22.0. The maximum Gasteiger partial charge on any atom is 0.303 e. The Balaban J connectivity index is 2.68. The van der Waals surface area contributed by atoms with Crippen molar-refractivity contribution < 1.29 is 36.6 Å². The molecular formula is C14H20N2O8S2. The zero-order valence-corrected chi connectivity index (χ0v) is 15.3. The highest BCUT2D eigenvalue weighted by Crippen LogP contribution is 2.14. The number of hydrogen-bond acceptors (Lipinski definition) is 6. The summed E-state index contributed by atoms with van der Waals surface area (Å²) in [4.78, 5) is 20.5. The summed E-state index contributed by atoms with van der Waals surface area (Å²) >= 11 is 0. The third-order valence-electron chi connectivity index (χ3n) is 3.16. The van der Waals surface area contributed by atoms with Crippen molar-refractivity contribution in [2.45, 2.75) is 35.5 Å². The van der Waals surface area contributed by atoms with Crippen LogP contribution in [0.4, 0.5) is 0 Å². The Bertz CT molecular complexity index is 761. The molecule has 4 N–H and O–H groups in total. The number of carboxylic acids is 2. The van der Waals surface area contributed by atoms with E-state index in [1.165, 1.54) is 0 Å². The van der Waals surface area contributed by atoms with E-state index in [0.717, 1.165) is 24.3 Å². The van der Waals surface area contributed by atoms with Gasteiger partial charge in [-0.3, -0.25) is 9.59 Å². The van der Waals surface area contributed by atoms with Gasteiger partial charge in [0.15, 0.2) is 0 Å². The van der Waals surface area contributed by atoms with Gasteiger partial charge in [0.2, 0.25) is 20.0 Å². The number of aliphatic carboxylic acids is 2. The Morgan fingerprint density at radius 2 is 1.04 bits per heavy atom. The van der Waals surface area contributed by atoms with Crippen LogP contribution in [0.5, 0.6) is 0 Å². The molecule has 0 aliphatic heterocycles. The molecule has 12 heteroatoms. The van der Waals surface area contributed by atoms with Crippen molar-refractivity contribution in [3.63, 3.8) is 0 Å². The van der Waals surface area contributed by atoms with Crippen LogP contribution in [0.2, 0.25) is 0 Å². The van der Waals surface area contributed by atoms with Gasteiger partial charge in [0, 0.05) is 25.9 Å². The summed E-state index contributed by atoms with van der Waals surface area (Å²) in [5.74, 6) is -2.07. The molecule has 0 saturated heterocycles. The van der Waals surface area contributed by atoms with E-state index in [4.69, 9.17) is 10.2 Å². The van der Waals surface area contributed by atoms with Gasteiger partial charge in [0.05, 0.1) is 9.79 Å². The molecule has 1 aromatic rings. The van der Waals surface area contributed by atoms with E-state index in [1.807, 2.05) is 0 Å². The summed E-state index contributed by atoms with van der Waals surface area (Å²) in [7, 11) is -7.75. The molecule has 0 aliphatic rings. The zero-order chi connectivity index (χ0) is 19.8. The van der Waals surface area contributed by atoms with Crippen molar-refractivity contribution in [3.8, 4) is 0 Å². The van der Waals surface area contributed by atoms with Crippen LogP contribution in [0.1, 0.15) is 25.7 Å². The molecule has 0 atom stereocenters. The van der Waals surface area contributed by atoms with Crippen LogP contribution in [0.3, 0.4) is 0 Å². The molecule has 0 bridgehead atoms. The van der Waals surface area contributed by atoms with Gasteiger partial charge in [-0.2, -0.15) is 0 Å². The van der Waals surface area contributed by atoms with Gasteiger partial charge in [-0.15, -0.1) is 0 Å². The van der Waals surface area contributed by atoms with Crippen molar-refractivity contribution in [2.24, 2.45) is 0 Å². The highest BCUT2D eigenvalue weighted by Gasteiger charge is 2.17. The Morgan fingerprint density at radius 1 is 0.731 bits per heavy atom. The Hall–Kier alpha value is -2.02. The molecule has 0 saturated carbocycles. The zero-order valence-electron chi connectivity index (χ0n) is 13.7. The second-order valence-corrected chi connectivity index (χ2v) is 8.80. The Kier molecular flexibility index (Phi) is 8.14. The first-order valence-corrected chi connectivity index (χ1v) is 10.5. The van der Waals surface area contributed by atoms with Crippen LogP contribution in [0.25, 0.3) is 0 Å². The number of rotatable bonds is 12. The van der Waals surface area contributed by atoms with Crippen molar-refractivity contribution in [1.29, 1.82) is 0 Å². The lowest BCUT2D eigenvalue weighted by Crippen LogP contribution is -2.26. The molecule has 26 heavy (non-hydrogen) atoms. The van der Waals surface area contributed by atoms with E-state index in [-0.39, 0.29) is 48.6 Å². The van der Waals surface area contributed by atoms with Crippen LogP contribution in [0, 0.1) is 0 Å². The lowest BCUT2D eigenvalue weighted by atomic mass is 10.3. The smallest absolute Gasteiger partial charge is 0.303 e. The quantitative estimate of drug-likeness (QED) is 0.350. The molecule has 0 aromatic heterocycles. The summed E-state index contributed by atoms with van der Waals surface area (Å²) in [6.45, 7) is -0.111. The van der Waals surface area contributed by atoms with E-state index in [9.17, 15) is 26.4 Å². The van der Waals surface area contributed by atoms with Crippen molar-refractivity contribution in [3.05, 3.63) is 24.3 Å². The number of benzene rings is 1. The average Bonchev–Trinajstić information content (AvgIpc) is 2.55. The topological polar surface area (TPSA) is 167 Å². The van der Waals surface area contributed by atoms with Gasteiger partial charge < -0.3 is 10.2 Å². The fraction of sp³-hybridized carbons (Fsp3) is 0.429. The number of carboxylic acid groups (broad SMARTS) is 2. The Labute approximate surface area is 151 Å². The summed E-state index contributed by atoms with van der Waals surface area (Å²) in [6.07, 6.45) is -0.0942. The maximum atomic E-state index is 12.0. The summed E-state index contributed by atoms with van der Waals surface area (Å²) in [5, 5.41) is 17.0. The molecule has 1 aromatic carbocycles. The Morgan fingerprint density at radius 3 is 1.31 bits per heavy atom. The van der Waals surface area contributed by atoms with E-state index in [0.29, 0.717) is 0 Å². The highest BCUT2D eigenvalue weighted by molar-refractivity contribution is 7.90. The molecule has 1 rings (SSSR count).